The fourth-order valence-corrected chi connectivity index (χ4v) is 2.67. The molecule has 0 spiro atoms. The van der Waals surface area contributed by atoms with Gasteiger partial charge >= 0.3 is 0 Å². The van der Waals surface area contributed by atoms with Crippen LogP contribution in [0.2, 0.25) is 0 Å². The molecule has 6 nitrogen and oxygen atoms in total. The molecule has 0 saturated carbocycles. The maximum absolute atomic E-state index is 12.6. The maximum Gasteiger partial charge on any atom is 0.259 e. The molecule has 6 heteroatoms. The predicted molar refractivity (Wildman–Crippen MR) is 103 cm³/mol. The van der Waals surface area contributed by atoms with Crippen molar-refractivity contribution in [2.24, 2.45) is 5.73 Å². The van der Waals surface area contributed by atoms with Crippen molar-refractivity contribution in [1.29, 1.82) is 0 Å². The fraction of sp³-hybridized carbons (Fsp3) is 0.0476. The first-order valence-corrected chi connectivity index (χ1v) is 8.17. The highest BCUT2D eigenvalue weighted by Gasteiger charge is 2.16. The van der Waals surface area contributed by atoms with Gasteiger partial charge in [-0.1, -0.05) is 30.3 Å². The van der Waals surface area contributed by atoms with E-state index in [-0.39, 0.29) is 11.3 Å². The van der Waals surface area contributed by atoms with Gasteiger partial charge < -0.3 is 20.9 Å². The topological polar surface area (TPSA) is 102 Å². The van der Waals surface area contributed by atoms with Crippen LogP contribution in [0.5, 0.6) is 11.5 Å². The largest absolute Gasteiger partial charge is 0.506 e. The number of primary amides is 1. The Balaban J connectivity index is 1.89. The molecular weight excluding hydrogens is 344 g/mol. The number of ether oxygens (including phenoxy) is 1. The number of anilines is 1. The number of benzene rings is 3. The van der Waals surface area contributed by atoms with Gasteiger partial charge in [0.25, 0.3) is 5.91 Å². The molecule has 4 N–H and O–H groups in total. The van der Waals surface area contributed by atoms with Crippen molar-refractivity contribution in [3.8, 4) is 22.6 Å². The van der Waals surface area contributed by atoms with Gasteiger partial charge in [-0.2, -0.15) is 0 Å². The van der Waals surface area contributed by atoms with E-state index in [0.29, 0.717) is 28.1 Å². The molecule has 3 aromatic carbocycles. The number of rotatable bonds is 5. The number of phenolic OH excluding ortho intramolecular Hbond substituents is 1. The second-order valence-corrected chi connectivity index (χ2v) is 5.83. The van der Waals surface area contributed by atoms with Gasteiger partial charge in [-0.3, -0.25) is 9.59 Å². The van der Waals surface area contributed by atoms with E-state index in [1.54, 1.807) is 67.8 Å². The summed E-state index contributed by atoms with van der Waals surface area (Å²) in [6.07, 6.45) is 0. The predicted octanol–water partition coefficient (Wildman–Crippen LogP) is 3.42. The highest BCUT2D eigenvalue weighted by Crippen LogP contribution is 2.33. The van der Waals surface area contributed by atoms with Gasteiger partial charge in [0.2, 0.25) is 5.91 Å². The summed E-state index contributed by atoms with van der Waals surface area (Å²) in [5.74, 6) is -0.515. The first-order chi connectivity index (χ1) is 13.0. The fourth-order valence-electron chi connectivity index (χ4n) is 2.67. The van der Waals surface area contributed by atoms with Crippen LogP contribution in [-0.2, 0) is 0 Å². The number of carbonyl (C=O) groups excluding carboxylic acids is 2. The SMILES string of the molecule is COc1cccc(NC(=O)c2cccc(-c3ccc(C(N)=O)cc3)c2O)c1. The quantitative estimate of drug-likeness (QED) is 0.647. The van der Waals surface area contributed by atoms with Gasteiger partial charge in [0.05, 0.1) is 12.7 Å². The van der Waals surface area contributed by atoms with Crippen LogP contribution in [0.3, 0.4) is 0 Å². The van der Waals surface area contributed by atoms with Crippen LogP contribution < -0.4 is 15.8 Å². The van der Waals surface area contributed by atoms with Gasteiger partial charge in [0.15, 0.2) is 0 Å². The minimum absolute atomic E-state index is 0.134. The minimum Gasteiger partial charge on any atom is -0.506 e. The zero-order valence-corrected chi connectivity index (χ0v) is 14.6. The molecule has 0 heterocycles. The third-order valence-corrected chi connectivity index (χ3v) is 4.09. The standard InChI is InChI=1S/C21H18N2O4/c1-27-16-5-2-4-15(12-16)23-21(26)18-7-3-6-17(19(18)24)13-8-10-14(11-9-13)20(22)25/h2-12,24H,1H3,(H2,22,25)(H,23,26). The summed E-state index contributed by atoms with van der Waals surface area (Å²) in [5, 5.41) is 13.3. The summed E-state index contributed by atoms with van der Waals surface area (Å²) in [7, 11) is 1.54. The first-order valence-electron chi connectivity index (χ1n) is 8.17. The molecule has 0 bridgehead atoms. The molecule has 0 saturated heterocycles. The second-order valence-electron chi connectivity index (χ2n) is 5.83. The molecule has 0 aromatic heterocycles. The number of phenols is 1. The number of amides is 2. The van der Waals surface area contributed by atoms with Crippen LogP contribution in [-0.4, -0.2) is 24.0 Å². The van der Waals surface area contributed by atoms with E-state index in [9.17, 15) is 14.7 Å². The van der Waals surface area contributed by atoms with Crippen LogP contribution >= 0.6 is 0 Å². The van der Waals surface area contributed by atoms with Gasteiger partial charge in [0.1, 0.15) is 11.5 Å². The lowest BCUT2D eigenvalue weighted by atomic mass is 9.99. The number of nitrogens with two attached hydrogens (primary N) is 1. The van der Waals surface area contributed by atoms with Crippen molar-refractivity contribution < 1.29 is 19.4 Å². The van der Waals surface area contributed by atoms with Crippen molar-refractivity contribution >= 4 is 17.5 Å². The van der Waals surface area contributed by atoms with Gasteiger partial charge in [0, 0.05) is 22.9 Å². The number of hydrogen-bond acceptors (Lipinski definition) is 4. The molecule has 2 amide bonds. The van der Waals surface area contributed by atoms with E-state index in [4.69, 9.17) is 10.5 Å². The normalized spacial score (nSPS) is 10.3. The van der Waals surface area contributed by atoms with E-state index in [1.165, 1.54) is 6.07 Å². The number of hydrogen-bond donors (Lipinski definition) is 3. The number of methoxy groups -OCH3 is 1. The second kappa shape index (κ2) is 7.61. The van der Waals surface area contributed by atoms with E-state index in [0.717, 1.165) is 0 Å². The average molecular weight is 362 g/mol. The van der Waals surface area contributed by atoms with E-state index < -0.39 is 11.8 Å². The molecule has 0 unspecified atom stereocenters. The van der Waals surface area contributed by atoms with Crippen molar-refractivity contribution in [2.45, 2.75) is 0 Å². The molecule has 0 atom stereocenters. The molecule has 27 heavy (non-hydrogen) atoms. The monoisotopic (exact) mass is 362 g/mol. The lowest BCUT2D eigenvalue weighted by Gasteiger charge is -2.11. The summed E-state index contributed by atoms with van der Waals surface area (Å²) in [4.78, 5) is 23.8. The zero-order chi connectivity index (χ0) is 19.4. The van der Waals surface area contributed by atoms with Crippen LogP contribution in [0, 0.1) is 0 Å². The third kappa shape index (κ3) is 3.90. The number of para-hydroxylation sites is 1. The Hall–Kier alpha value is -3.80. The molecule has 0 aliphatic heterocycles. The smallest absolute Gasteiger partial charge is 0.259 e. The molecule has 136 valence electrons. The summed E-state index contributed by atoms with van der Waals surface area (Å²) < 4.78 is 5.14. The Bertz CT molecular complexity index is 997. The summed E-state index contributed by atoms with van der Waals surface area (Å²) >= 11 is 0. The Labute approximate surface area is 156 Å². The molecule has 0 fully saturated rings. The average Bonchev–Trinajstić information content (AvgIpc) is 2.68. The van der Waals surface area contributed by atoms with E-state index in [1.807, 2.05) is 0 Å². The zero-order valence-electron chi connectivity index (χ0n) is 14.6. The minimum atomic E-state index is -0.530. The van der Waals surface area contributed by atoms with Gasteiger partial charge in [-0.05, 0) is 35.9 Å². The van der Waals surface area contributed by atoms with Gasteiger partial charge in [-0.25, -0.2) is 0 Å². The third-order valence-electron chi connectivity index (χ3n) is 4.09. The van der Waals surface area contributed by atoms with Crippen LogP contribution in [0.4, 0.5) is 5.69 Å². The van der Waals surface area contributed by atoms with E-state index in [2.05, 4.69) is 5.32 Å². The molecular formula is C21H18N2O4. The summed E-state index contributed by atoms with van der Waals surface area (Å²) in [6, 6.07) is 18.3. The maximum atomic E-state index is 12.6. The van der Waals surface area contributed by atoms with Crippen molar-refractivity contribution in [3.05, 3.63) is 77.9 Å². The Morgan fingerprint density at radius 1 is 1.00 bits per heavy atom. The molecule has 0 radical (unpaired) electrons. The van der Waals surface area contributed by atoms with Crippen molar-refractivity contribution in [1.82, 2.24) is 0 Å². The summed E-state index contributed by atoms with van der Waals surface area (Å²) in [5.41, 5.74) is 7.43. The Morgan fingerprint density at radius 3 is 2.37 bits per heavy atom. The van der Waals surface area contributed by atoms with Crippen molar-refractivity contribution in [2.75, 3.05) is 12.4 Å². The molecule has 0 aliphatic rings. The van der Waals surface area contributed by atoms with E-state index >= 15 is 0 Å². The number of nitrogens with one attached hydrogen (secondary N) is 1. The lowest BCUT2D eigenvalue weighted by Crippen LogP contribution is -2.12. The first kappa shape index (κ1) is 18.0. The number of aromatic hydroxyl groups is 1. The number of carbonyl (C=O) groups is 2. The Morgan fingerprint density at radius 2 is 1.70 bits per heavy atom. The van der Waals surface area contributed by atoms with Gasteiger partial charge in [-0.15, -0.1) is 0 Å². The highest BCUT2D eigenvalue weighted by molar-refractivity contribution is 6.07. The Kier molecular flexibility index (Phi) is 5.08. The van der Waals surface area contributed by atoms with Crippen LogP contribution in [0.15, 0.2) is 66.7 Å². The van der Waals surface area contributed by atoms with Crippen LogP contribution in [0.1, 0.15) is 20.7 Å². The molecule has 3 rings (SSSR count). The van der Waals surface area contributed by atoms with Crippen molar-refractivity contribution in [3.63, 3.8) is 0 Å². The summed E-state index contributed by atoms with van der Waals surface area (Å²) in [6.45, 7) is 0. The highest BCUT2D eigenvalue weighted by atomic mass is 16.5. The molecule has 0 aliphatic carbocycles. The molecule has 3 aromatic rings. The lowest BCUT2D eigenvalue weighted by molar-refractivity contribution is 0.0997. The van der Waals surface area contributed by atoms with Crippen LogP contribution in [0.25, 0.3) is 11.1 Å².